The van der Waals surface area contributed by atoms with E-state index in [1.807, 2.05) is 24.3 Å². The Hall–Kier alpha value is -1.26. The third-order valence-corrected chi connectivity index (χ3v) is 2.18. The van der Waals surface area contributed by atoms with Crippen LogP contribution in [-0.2, 0) is 0 Å². The van der Waals surface area contributed by atoms with E-state index >= 15 is 0 Å². The number of nitrogens with one attached hydrogen (secondary N) is 2. The van der Waals surface area contributed by atoms with Crippen molar-refractivity contribution in [3.05, 3.63) is 24.3 Å². The number of hydrogen-bond donors (Lipinski definition) is 2. The van der Waals surface area contributed by atoms with Crippen LogP contribution in [0, 0.1) is 0 Å². The Bertz CT molecular complexity index is 268. The molecule has 15 heavy (non-hydrogen) atoms. The van der Waals surface area contributed by atoms with Gasteiger partial charge in [-0.05, 0) is 12.1 Å². The van der Waals surface area contributed by atoms with Gasteiger partial charge in [-0.1, -0.05) is 12.1 Å². The summed E-state index contributed by atoms with van der Waals surface area (Å²) >= 11 is 0. The predicted molar refractivity (Wildman–Crippen MR) is 58.3 cm³/mol. The Morgan fingerprint density at radius 2 is 1.40 bits per heavy atom. The van der Waals surface area contributed by atoms with Crippen LogP contribution >= 0.6 is 0 Å². The van der Waals surface area contributed by atoms with Crippen LogP contribution in [0.15, 0.2) is 24.3 Å². The topological polar surface area (TPSA) is 42.5 Å². The highest BCUT2D eigenvalue weighted by atomic mass is 16.6. The van der Waals surface area contributed by atoms with E-state index in [9.17, 15) is 0 Å². The first-order valence-corrected chi connectivity index (χ1v) is 5.23. The van der Waals surface area contributed by atoms with E-state index in [1.54, 1.807) is 0 Å². The second-order valence-corrected chi connectivity index (χ2v) is 3.32. The van der Waals surface area contributed by atoms with E-state index in [2.05, 4.69) is 10.6 Å². The number of benzene rings is 1. The fourth-order valence-electron chi connectivity index (χ4n) is 1.43. The quantitative estimate of drug-likeness (QED) is 0.655. The van der Waals surface area contributed by atoms with Gasteiger partial charge in [-0.15, -0.1) is 0 Å². The van der Waals surface area contributed by atoms with Crippen molar-refractivity contribution in [2.24, 2.45) is 0 Å². The highest BCUT2D eigenvalue weighted by Crippen LogP contribution is 2.28. The molecule has 0 aromatic heterocycles. The van der Waals surface area contributed by atoms with E-state index in [0.717, 1.165) is 31.3 Å². The van der Waals surface area contributed by atoms with Crippen LogP contribution in [0.4, 0.5) is 0 Å². The van der Waals surface area contributed by atoms with E-state index in [4.69, 9.17) is 9.47 Å². The average Bonchev–Trinajstić information content (AvgIpc) is 2.88. The maximum atomic E-state index is 5.30. The van der Waals surface area contributed by atoms with Gasteiger partial charge in [-0.3, -0.25) is 0 Å². The molecule has 4 nitrogen and oxygen atoms in total. The summed E-state index contributed by atoms with van der Waals surface area (Å²) in [5.41, 5.74) is 0. The fraction of sp³-hybridized carbons (Fsp3) is 0.455. The molecule has 2 aliphatic heterocycles. The normalized spacial score (nSPS) is 17.9. The van der Waals surface area contributed by atoms with Gasteiger partial charge in [0.15, 0.2) is 11.5 Å². The molecule has 0 bridgehead atoms. The molecule has 0 aliphatic carbocycles. The first-order valence-electron chi connectivity index (χ1n) is 5.23. The van der Waals surface area contributed by atoms with Crippen LogP contribution in [0.3, 0.4) is 0 Å². The molecule has 4 heteroatoms. The van der Waals surface area contributed by atoms with Crippen molar-refractivity contribution >= 4 is 0 Å². The van der Waals surface area contributed by atoms with Crippen molar-refractivity contribution in [2.45, 2.75) is 0 Å². The zero-order chi connectivity index (χ0) is 10.3. The van der Waals surface area contributed by atoms with Gasteiger partial charge in [0.1, 0.15) is 13.2 Å². The maximum Gasteiger partial charge on any atom is 0.161 e. The van der Waals surface area contributed by atoms with Crippen molar-refractivity contribution in [3.63, 3.8) is 0 Å². The molecule has 0 saturated carbocycles. The van der Waals surface area contributed by atoms with Gasteiger partial charge in [0.2, 0.25) is 0 Å². The fourth-order valence-corrected chi connectivity index (χ4v) is 1.43. The Balaban J connectivity index is 0.000000144. The summed E-state index contributed by atoms with van der Waals surface area (Å²) in [6.45, 7) is 4.61. The monoisotopic (exact) mass is 208 g/mol. The summed E-state index contributed by atoms with van der Waals surface area (Å²) in [6.07, 6.45) is 0. The zero-order valence-corrected chi connectivity index (χ0v) is 8.66. The van der Waals surface area contributed by atoms with Crippen LogP contribution in [0.25, 0.3) is 0 Å². The standard InChI is InChI=1S/C8H8O2.C3H8N2/c1-2-4-8-7(3-1)9-5-6-10-8;1-2-5-3-4-1/h1-4H,5-6H2;4-5H,1-3H2. The molecule has 1 aromatic rings. The molecule has 0 atom stereocenters. The summed E-state index contributed by atoms with van der Waals surface area (Å²) in [6, 6.07) is 7.70. The van der Waals surface area contributed by atoms with Crippen molar-refractivity contribution in [2.75, 3.05) is 33.0 Å². The van der Waals surface area contributed by atoms with Crippen LogP contribution < -0.4 is 20.1 Å². The van der Waals surface area contributed by atoms with Gasteiger partial charge >= 0.3 is 0 Å². The second-order valence-electron chi connectivity index (χ2n) is 3.32. The van der Waals surface area contributed by atoms with Crippen molar-refractivity contribution < 1.29 is 9.47 Å². The number of para-hydroxylation sites is 2. The lowest BCUT2D eigenvalue weighted by molar-refractivity contribution is 0.171. The Kier molecular flexibility index (Phi) is 3.82. The molecule has 0 unspecified atom stereocenters. The Labute approximate surface area is 89.6 Å². The van der Waals surface area contributed by atoms with E-state index in [0.29, 0.717) is 13.2 Å². The van der Waals surface area contributed by atoms with Crippen molar-refractivity contribution in [1.82, 2.24) is 10.6 Å². The molecule has 1 saturated heterocycles. The van der Waals surface area contributed by atoms with Crippen LogP contribution in [0.1, 0.15) is 0 Å². The molecule has 0 radical (unpaired) electrons. The highest BCUT2D eigenvalue weighted by Gasteiger charge is 2.07. The molecule has 0 spiro atoms. The van der Waals surface area contributed by atoms with Gasteiger partial charge in [-0.2, -0.15) is 0 Å². The third kappa shape index (κ3) is 3.11. The van der Waals surface area contributed by atoms with Crippen LogP contribution in [-0.4, -0.2) is 33.0 Å². The lowest BCUT2D eigenvalue weighted by atomic mass is 10.3. The summed E-state index contributed by atoms with van der Waals surface area (Å²) in [7, 11) is 0. The maximum absolute atomic E-state index is 5.30. The van der Waals surface area contributed by atoms with E-state index in [-0.39, 0.29) is 0 Å². The van der Waals surface area contributed by atoms with Gasteiger partial charge in [0.05, 0.1) is 0 Å². The summed E-state index contributed by atoms with van der Waals surface area (Å²) in [5.74, 6) is 1.71. The molecule has 1 fully saturated rings. The first kappa shape index (κ1) is 10.3. The number of rotatable bonds is 0. The van der Waals surface area contributed by atoms with Gasteiger partial charge in [0, 0.05) is 19.8 Å². The molecule has 1 aromatic carbocycles. The Morgan fingerprint density at radius 1 is 0.867 bits per heavy atom. The average molecular weight is 208 g/mol. The molecule has 2 N–H and O–H groups in total. The number of hydrogen-bond acceptors (Lipinski definition) is 4. The molecule has 2 heterocycles. The summed E-state index contributed by atoms with van der Waals surface area (Å²) < 4.78 is 10.6. The molecule has 0 amide bonds. The van der Waals surface area contributed by atoms with Crippen molar-refractivity contribution in [3.8, 4) is 11.5 Å². The molecule has 2 aliphatic rings. The largest absolute Gasteiger partial charge is 0.486 e. The number of ether oxygens (including phenoxy) is 2. The molecule has 3 rings (SSSR count). The minimum Gasteiger partial charge on any atom is -0.486 e. The summed E-state index contributed by atoms with van der Waals surface area (Å²) in [4.78, 5) is 0. The molecule has 82 valence electrons. The number of fused-ring (bicyclic) bond motifs is 1. The van der Waals surface area contributed by atoms with E-state index < -0.39 is 0 Å². The first-order chi connectivity index (χ1) is 7.47. The van der Waals surface area contributed by atoms with Crippen molar-refractivity contribution in [1.29, 1.82) is 0 Å². The minimum absolute atomic E-state index is 0.664. The molecular formula is C11H16N2O2. The Morgan fingerprint density at radius 3 is 1.80 bits per heavy atom. The second kappa shape index (κ2) is 5.58. The zero-order valence-electron chi connectivity index (χ0n) is 8.66. The highest BCUT2D eigenvalue weighted by molar-refractivity contribution is 5.40. The van der Waals surface area contributed by atoms with Gasteiger partial charge in [-0.25, -0.2) is 0 Å². The third-order valence-electron chi connectivity index (χ3n) is 2.18. The SMILES string of the molecule is C1CNCN1.c1ccc2c(c1)OCCO2. The van der Waals surface area contributed by atoms with Gasteiger partial charge < -0.3 is 20.1 Å². The van der Waals surface area contributed by atoms with Crippen LogP contribution in [0.2, 0.25) is 0 Å². The van der Waals surface area contributed by atoms with Crippen LogP contribution in [0.5, 0.6) is 11.5 Å². The molecular weight excluding hydrogens is 192 g/mol. The lowest BCUT2D eigenvalue weighted by Gasteiger charge is -2.17. The predicted octanol–water partition coefficient (Wildman–Crippen LogP) is 0.594. The van der Waals surface area contributed by atoms with E-state index in [1.165, 1.54) is 0 Å². The summed E-state index contributed by atoms with van der Waals surface area (Å²) in [5, 5.41) is 6.22. The van der Waals surface area contributed by atoms with Gasteiger partial charge in [0.25, 0.3) is 0 Å². The lowest BCUT2D eigenvalue weighted by Crippen LogP contribution is -2.14. The smallest absolute Gasteiger partial charge is 0.161 e. The minimum atomic E-state index is 0.664.